The molecule has 2 nitrogen and oxygen atoms in total. The van der Waals surface area contributed by atoms with E-state index >= 15 is 0 Å². The zero-order valence-corrected chi connectivity index (χ0v) is 9.00. The highest BCUT2D eigenvalue weighted by Crippen LogP contribution is 2.29. The molecule has 0 saturated heterocycles. The molecule has 0 aliphatic carbocycles. The summed E-state index contributed by atoms with van der Waals surface area (Å²) in [7, 11) is 0. The highest BCUT2D eigenvalue weighted by molar-refractivity contribution is 6.35. The molecule has 1 aromatic heterocycles. The van der Waals surface area contributed by atoms with Crippen LogP contribution in [0.2, 0.25) is 5.02 Å². The lowest BCUT2D eigenvalue weighted by atomic mass is 10.2. The van der Waals surface area contributed by atoms with Crippen molar-refractivity contribution in [3.63, 3.8) is 0 Å². The zero-order valence-electron chi connectivity index (χ0n) is 8.24. The summed E-state index contributed by atoms with van der Waals surface area (Å²) in [5, 5.41) is 1.85. The average molecular weight is 221 g/mol. The lowest BCUT2D eigenvalue weighted by Crippen LogP contribution is -2.33. The molecule has 0 spiro atoms. The molecular weight excluding hydrogens is 210 g/mol. The van der Waals surface area contributed by atoms with Crippen LogP contribution >= 0.6 is 11.6 Å². The summed E-state index contributed by atoms with van der Waals surface area (Å²) < 4.78 is 7.91. The summed E-state index contributed by atoms with van der Waals surface area (Å²) in [6, 6.07) is 7.91. The van der Waals surface area contributed by atoms with Crippen LogP contribution in [-0.4, -0.2) is 6.61 Å². The number of aryl methyl sites for hydroxylation is 1. The molecular formula is C12H11ClNO+. The molecule has 1 aromatic carbocycles. The third-order valence-electron chi connectivity index (χ3n) is 2.74. The normalized spacial score (nSPS) is 14.7. The van der Waals surface area contributed by atoms with Crippen LogP contribution in [0.4, 0.5) is 0 Å². The van der Waals surface area contributed by atoms with Crippen molar-refractivity contribution >= 4 is 22.5 Å². The number of hydrogen-bond donors (Lipinski definition) is 0. The van der Waals surface area contributed by atoms with Crippen LogP contribution in [-0.2, 0) is 6.54 Å². The predicted molar refractivity (Wildman–Crippen MR) is 59.3 cm³/mol. The Morgan fingerprint density at radius 2 is 2.20 bits per heavy atom. The first kappa shape index (κ1) is 8.98. The van der Waals surface area contributed by atoms with Gasteiger partial charge in [-0.1, -0.05) is 11.6 Å². The van der Waals surface area contributed by atoms with Crippen molar-refractivity contribution in [2.75, 3.05) is 6.61 Å². The van der Waals surface area contributed by atoms with Crippen molar-refractivity contribution < 1.29 is 9.30 Å². The number of pyridine rings is 1. The molecule has 1 aliphatic heterocycles. The molecule has 0 unspecified atom stereocenters. The number of benzene rings is 1. The minimum atomic E-state index is 0.776. The van der Waals surface area contributed by atoms with Gasteiger partial charge < -0.3 is 4.74 Å². The molecule has 76 valence electrons. The van der Waals surface area contributed by atoms with Crippen molar-refractivity contribution in [2.45, 2.75) is 13.0 Å². The van der Waals surface area contributed by atoms with E-state index in [-0.39, 0.29) is 0 Å². The zero-order chi connectivity index (χ0) is 10.3. The summed E-state index contributed by atoms with van der Waals surface area (Å²) in [5.74, 6) is 0.938. The molecule has 0 bridgehead atoms. The molecule has 0 atom stereocenters. The van der Waals surface area contributed by atoms with E-state index in [4.69, 9.17) is 16.3 Å². The van der Waals surface area contributed by atoms with E-state index in [0.29, 0.717) is 0 Å². The Bertz CT molecular complexity index is 512. The molecule has 1 aliphatic rings. The summed E-state index contributed by atoms with van der Waals surface area (Å²) in [5.41, 5.74) is 1.11. The second-order valence-corrected chi connectivity index (χ2v) is 4.12. The Morgan fingerprint density at radius 1 is 1.27 bits per heavy atom. The van der Waals surface area contributed by atoms with Crippen LogP contribution in [0.15, 0.2) is 30.5 Å². The number of ether oxygens (including phenoxy) is 1. The van der Waals surface area contributed by atoms with Crippen molar-refractivity contribution in [3.8, 4) is 5.75 Å². The maximum absolute atomic E-state index is 6.17. The van der Waals surface area contributed by atoms with Gasteiger partial charge in [0.25, 0.3) is 5.52 Å². The van der Waals surface area contributed by atoms with Crippen LogP contribution < -0.4 is 9.30 Å². The molecule has 15 heavy (non-hydrogen) atoms. The van der Waals surface area contributed by atoms with E-state index in [1.165, 1.54) is 0 Å². The lowest BCUT2D eigenvalue weighted by molar-refractivity contribution is -0.670. The maximum Gasteiger partial charge on any atom is 0.256 e. The van der Waals surface area contributed by atoms with Crippen molar-refractivity contribution in [1.82, 2.24) is 0 Å². The summed E-state index contributed by atoms with van der Waals surface area (Å²) >= 11 is 6.17. The van der Waals surface area contributed by atoms with E-state index in [1.54, 1.807) is 0 Å². The Balaban J connectivity index is 2.44. The van der Waals surface area contributed by atoms with Gasteiger partial charge in [0.15, 0.2) is 18.5 Å². The predicted octanol–water partition coefficient (Wildman–Crippen LogP) is 2.56. The molecule has 0 saturated carbocycles. The average Bonchev–Trinajstić information content (AvgIpc) is 2.47. The van der Waals surface area contributed by atoms with Gasteiger partial charge >= 0.3 is 0 Å². The largest absolute Gasteiger partial charge is 0.487 e. The summed E-state index contributed by atoms with van der Waals surface area (Å²) in [4.78, 5) is 0. The van der Waals surface area contributed by atoms with Crippen LogP contribution in [0, 0.1) is 0 Å². The second kappa shape index (κ2) is 3.38. The second-order valence-electron chi connectivity index (χ2n) is 3.71. The first-order valence-electron chi connectivity index (χ1n) is 5.10. The molecule has 3 heteroatoms. The molecule has 0 amide bonds. The highest BCUT2D eigenvalue weighted by atomic mass is 35.5. The summed E-state index contributed by atoms with van der Waals surface area (Å²) in [6.45, 7) is 1.77. The van der Waals surface area contributed by atoms with E-state index in [9.17, 15) is 0 Å². The van der Waals surface area contributed by atoms with Crippen molar-refractivity contribution in [3.05, 3.63) is 35.5 Å². The fourth-order valence-electron chi connectivity index (χ4n) is 2.06. The Hall–Kier alpha value is -1.28. The summed E-state index contributed by atoms with van der Waals surface area (Å²) in [6.07, 6.45) is 3.12. The van der Waals surface area contributed by atoms with Gasteiger partial charge in [-0.2, -0.15) is 4.57 Å². The Morgan fingerprint density at radius 3 is 3.13 bits per heavy atom. The van der Waals surface area contributed by atoms with E-state index in [1.807, 2.05) is 24.3 Å². The first-order valence-corrected chi connectivity index (χ1v) is 5.47. The monoisotopic (exact) mass is 220 g/mol. The van der Waals surface area contributed by atoms with Gasteiger partial charge in [0.2, 0.25) is 0 Å². The van der Waals surface area contributed by atoms with Gasteiger partial charge in [-0.05, 0) is 18.2 Å². The fourth-order valence-corrected chi connectivity index (χ4v) is 2.27. The van der Waals surface area contributed by atoms with Gasteiger partial charge in [-0.25, -0.2) is 0 Å². The van der Waals surface area contributed by atoms with Crippen LogP contribution in [0.3, 0.4) is 0 Å². The number of halogens is 1. The van der Waals surface area contributed by atoms with Crippen LogP contribution in [0.25, 0.3) is 10.9 Å². The third-order valence-corrected chi connectivity index (χ3v) is 3.07. The molecule has 2 heterocycles. The van der Waals surface area contributed by atoms with Crippen molar-refractivity contribution in [1.29, 1.82) is 0 Å². The van der Waals surface area contributed by atoms with Crippen molar-refractivity contribution in [2.24, 2.45) is 0 Å². The van der Waals surface area contributed by atoms with Gasteiger partial charge in [-0.15, -0.1) is 0 Å². The standard InChI is InChI=1S/C12H11ClNO/c13-10-4-5-11-12-9(10)3-1-6-14(12)7-2-8-15-11/h1,3-6H,2,7-8H2/q+1. The Labute approximate surface area is 93.0 Å². The van der Waals surface area contributed by atoms with Crippen LogP contribution in [0.5, 0.6) is 5.75 Å². The van der Waals surface area contributed by atoms with Crippen LogP contribution in [0.1, 0.15) is 6.42 Å². The van der Waals surface area contributed by atoms with E-state index in [2.05, 4.69) is 10.8 Å². The molecule has 2 aromatic rings. The Kier molecular flexibility index (Phi) is 2.03. The maximum atomic E-state index is 6.17. The number of aromatic nitrogens is 1. The first-order chi connectivity index (χ1) is 7.36. The molecule has 0 radical (unpaired) electrons. The smallest absolute Gasteiger partial charge is 0.256 e. The molecule has 0 N–H and O–H groups in total. The van der Waals surface area contributed by atoms with E-state index in [0.717, 1.165) is 41.2 Å². The van der Waals surface area contributed by atoms with Gasteiger partial charge in [0.05, 0.1) is 17.0 Å². The third kappa shape index (κ3) is 1.37. The molecule has 0 fully saturated rings. The SMILES string of the molecule is Clc1ccc2c3c1ccc[n+]3CCCO2. The number of nitrogens with zero attached hydrogens (tertiary/aromatic N) is 1. The van der Waals surface area contributed by atoms with Gasteiger partial charge in [0.1, 0.15) is 0 Å². The van der Waals surface area contributed by atoms with Gasteiger partial charge in [0, 0.05) is 12.5 Å². The topological polar surface area (TPSA) is 13.1 Å². The minimum Gasteiger partial charge on any atom is -0.487 e. The lowest BCUT2D eigenvalue weighted by Gasteiger charge is -2.03. The van der Waals surface area contributed by atoms with E-state index < -0.39 is 0 Å². The number of hydrogen-bond acceptors (Lipinski definition) is 1. The molecule has 3 rings (SSSR count). The van der Waals surface area contributed by atoms with Gasteiger partial charge in [-0.3, -0.25) is 0 Å². The highest BCUT2D eigenvalue weighted by Gasteiger charge is 2.19. The minimum absolute atomic E-state index is 0.776. The number of rotatable bonds is 0. The fraction of sp³-hybridized carbons (Fsp3) is 0.250. The quantitative estimate of drug-likeness (QED) is 0.622.